The van der Waals surface area contributed by atoms with Gasteiger partial charge < -0.3 is 10.6 Å². The third-order valence-corrected chi connectivity index (χ3v) is 2.28. The Balaban J connectivity index is 4.46. The van der Waals surface area contributed by atoms with Crippen LogP contribution in [0.4, 0.5) is 0 Å². The quantitative estimate of drug-likeness (QED) is 0.658. The largest absolute Gasteiger partial charge is 0.338 e. The Kier molecular flexibility index (Phi) is 5.46. The zero-order chi connectivity index (χ0) is 11.2. The van der Waals surface area contributed by atoms with Crippen LogP contribution in [0.1, 0.15) is 33.6 Å². The van der Waals surface area contributed by atoms with Crippen LogP contribution in [-0.4, -0.2) is 29.4 Å². The summed E-state index contributed by atoms with van der Waals surface area (Å²) in [4.78, 5) is 13.7. The number of nitrogens with zero attached hydrogens (tertiary/aromatic N) is 1. The second-order valence-electron chi connectivity index (χ2n) is 3.80. The van der Waals surface area contributed by atoms with Crippen molar-refractivity contribution in [3.63, 3.8) is 0 Å². The third-order valence-electron chi connectivity index (χ3n) is 2.28. The lowest BCUT2D eigenvalue weighted by Gasteiger charge is -2.30. The fourth-order valence-corrected chi connectivity index (χ4v) is 1.50. The maximum Gasteiger partial charge on any atom is 0.242 e. The molecule has 0 bridgehead atoms. The van der Waals surface area contributed by atoms with Crippen molar-refractivity contribution in [1.82, 2.24) is 4.90 Å². The topological polar surface area (TPSA) is 46.3 Å². The fourth-order valence-electron chi connectivity index (χ4n) is 1.50. The number of hydrogen-bond acceptors (Lipinski definition) is 2. The highest BCUT2D eigenvalue weighted by molar-refractivity contribution is 5.85. The van der Waals surface area contributed by atoms with E-state index < -0.39 is 5.54 Å². The van der Waals surface area contributed by atoms with E-state index in [1.807, 2.05) is 13.8 Å². The fraction of sp³-hybridized carbons (Fsp3) is 0.727. The highest BCUT2D eigenvalue weighted by Crippen LogP contribution is 2.12. The summed E-state index contributed by atoms with van der Waals surface area (Å²) < 4.78 is 0. The molecule has 0 saturated carbocycles. The lowest BCUT2D eigenvalue weighted by Crippen LogP contribution is -2.53. The zero-order valence-corrected chi connectivity index (χ0v) is 9.55. The molecule has 0 aromatic carbocycles. The van der Waals surface area contributed by atoms with Crippen molar-refractivity contribution < 1.29 is 4.79 Å². The molecule has 0 fully saturated rings. The second kappa shape index (κ2) is 5.81. The van der Waals surface area contributed by atoms with Crippen LogP contribution in [0.15, 0.2) is 12.7 Å². The van der Waals surface area contributed by atoms with Gasteiger partial charge in [0, 0.05) is 13.1 Å². The third kappa shape index (κ3) is 3.50. The summed E-state index contributed by atoms with van der Waals surface area (Å²) in [6.07, 6.45) is 3.37. The number of rotatable bonds is 6. The van der Waals surface area contributed by atoms with E-state index in [1.54, 1.807) is 17.9 Å². The highest BCUT2D eigenvalue weighted by atomic mass is 16.2. The summed E-state index contributed by atoms with van der Waals surface area (Å²) in [5.41, 5.74) is 5.22. The van der Waals surface area contributed by atoms with E-state index in [0.29, 0.717) is 13.1 Å². The molecule has 0 saturated heterocycles. The van der Waals surface area contributed by atoms with E-state index in [2.05, 4.69) is 6.58 Å². The van der Waals surface area contributed by atoms with Gasteiger partial charge in [0.2, 0.25) is 5.91 Å². The van der Waals surface area contributed by atoms with Crippen molar-refractivity contribution in [2.24, 2.45) is 5.73 Å². The molecule has 1 amide bonds. The van der Waals surface area contributed by atoms with Crippen molar-refractivity contribution in [3.8, 4) is 0 Å². The van der Waals surface area contributed by atoms with Crippen LogP contribution in [0.2, 0.25) is 0 Å². The maximum atomic E-state index is 11.9. The molecule has 14 heavy (non-hydrogen) atoms. The van der Waals surface area contributed by atoms with Gasteiger partial charge in [-0.1, -0.05) is 19.4 Å². The van der Waals surface area contributed by atoms with Crippen LogP contribution < -0.4 is 5.73 Å². The maximum absolute atomic E-state index is 11.9. The highest BCUT2D eigenvalue weighted by Gasteiger charge is 2.30. The lowest BCUT2D eigenvalue weighted by molar-refractivity contribution is -0.135. The van der Waals surface area contributed by atoms with E-state index in [0.717, 1.165) is 12.8 Å². The SMILES string of the molecule is C=CCN(CC)C(=O)C(C)(N)CCC. The molecule has 2 N–H and O–H groups in total. The minimum atomic E-state index is -0.728. The molecule has 82 valence electrons. The molecule has 0 aliphatic carbocycles. The molecule has 0 rings (SSSR count). The average molecular weight is 198 g/mol. The second-order valence-corrected chi connectivity index (χ2v) is 3.80. The Labute approximate surface area is 87.0 Å². The minimum absolute atomic E-state index is 0.0155. The molecular weight excluding hydrogens is 176 g/mol. The van der Waals surface area contributed by atoms with E-state index in [-0.39, 0.29) is 5.91 Å². The predicted molar refractivity (Wildman–Crippen MR) is 60.0 cm³/mol. The summed E-state index contributed by atoms with van der Waals surface area (Å²) >= 11 is 0. The van der Waals surface area contributed by atoms with Crippen molar-refractivity contribution in [1.29, 1.82) is 0 Å². The van der Waals surface area contributed by atoms with Crippen LogP contribution in [0.3, 0.4) is 0 Å². The first kappa shape index (κ1) is 13.2. The number of likely N-dealkylation sites (N-methyl/N-ethyl adjacent to an activating group) is 1. The number of hydrogen-bond donors (Lipinski definition) is 1. The van der Waals surface area contributed by atoms with Gasteiger partial charge in [0.15, 0.2) is 0 Å². The minimum Gasteiger partial charge on any atom is -0.338 e. The molecule has 3 heteroatoms. The van der Waals surface area contributed by atoms with Gasteiger partial charge in [-0.3, -0.25) is 4.79 Å². The van der Waals surface area contributed by atoms with Gasteiger partial charge in [-0.2, -0.15) is 0 Å². The van der Waals surface area contributed by atoms with Crippen molar-refractivity contribution >= 4 is 5.91 Å². The molecule has 0 spiro atoms. The Hall–Kier alpha value is -0.830. The van der Waals surface area contributed by atoms with Crippen LogP contribution in [0, 0.1) is 0 Å². The molecule has 1 unspecified atom stereocenters. The van der Waals surface area contributed by atoms with E-state index in [9.17, 15) is 4.79 Å². The van der Waals surface area contributed by atoms with Crippen molar-refractivity contribution in [2.45, 2.75) is 39.2 Å². The van der Waals surface area contributed by atoms with Gasteiger partial charge in [-0.15, -0.1) is 6.58 Å². The standard InChI is InChI=1S/C11H22N2O/c1-5-8-11(4,12)10(14)13(7-3)9-6-2/h6H,2,5,7-9,12H2,1,3-4H3. The van der Waals surface area contributed by atoms with Gasteiger partial charge in [0.05, 0.1) is 5.54 Å². The number of amides is 1. The monoisotopic (exact) mass is 198 g/mol. The normalized spacial score (nSPS) is 14.6. The molecule has 3 nitrogen and oxygen atoms in total. The summed E-state index contributed by atoms with van der Waals surface area (Å²) in [6, 6.07) is 0. The summed E-state index contributed by atoms with van der Waals surface area (Å²) in [7, 11) is 0. The van der Waals surface area contributed by atoms with Gasteiger partial charge in [0.1, 0.15) is 0 Å². The van der Waals surface area contributed by atoms with Gasteiger partial charge in [-0.25, -0.2) is 0 Å². The summed E-state index contributed by atoms with van der Waals surface area (Å²) in [5, 5.41) is 0. The lowest BCUT2D eigenvalue weighted by atomic mass is 9.96. The van der Waals surface area contributed by atoms with Crippen molar-refractivity contribution in [2.75, 3.05) is 13.1 Å². The summed E-state index contributed by atoms with van der Waals surface area (Å²) in [5.74, 6) is 0.0155. The van der Waals surface area contributed by atoms with Gasteiger partial charge >= 0.3 is 0 Å². The number of carbonyl (C=O) groups is 1. The van der Waals surface area contributed by atoms with Crippen LogP contribution >= 0.6 is 0 Å². The molecule has 0 aromatic rings. The first-order valence-corrected chi connectivity index (χ1v) is 5.18. The molecule has 0 aromatic heterocycles. The Morgan fingerprint density at radius 2 is 2.14 bits per heavy atom. The number of nitrogens with two attached hydrogens (primary N) is 1. The van der Waals surface area contributed by atoms with E-state index in [4.69, 9.17) is 5.73 Å². The first-order chi connectivity index (χ1) is 6.49. The smallest absolute Gasteiger partial charge is 0.242 e. The van der Waals surface area contributed by atoms with Crippen LogP contribution in [-0.2, 0) is 4.79 Å². The zero-order valence-electron chi connectivity index (χ0n) is 9.55. The van der Waals surface area contributed by atoms with Crippen LogP contribution in [0.5, 0.6) is 0 Å². The van der Waals surface area contributed by atoms with Gasteiger partial charge in [-0.05, 0) is 20.3 Å². The number of carbonyl (C=O) groups excluding carboxylic acids is 1. The van der Waals surface area contributed by atoms with E-state index >= 15 is 0 Å². The van der Waals surface area contributed by atoms with Gasteiger partial charge in [0.25, 0.3) is 0 Å². The molecular formula is C11H22N2O. The van der Waals surface area contributed by atoms with Crippen LogP contribution in [0.25, 0.3) is 0 Å². The Morgan fingerprint density at radius 1 is 1.57 bits per heavy atom. The predicted octanol–water partition coefficient (Wildman–Crippen LogP) is 1.54. The molecule has 0 heterocycles. The van der Waals surface area contributed by atoms with Crippen molar-refractivity contribution in [3.05, 3.63) is 12.7 Å². The Morgan fingerprint density at radius 3 is 2.50 bits per heavy atom. The van der Waals surface area contributed by atoms with E-state index in [1.165, 1.54) is 0 Å². The average Bonchev–Trinajstić information content (AvgIpc) is 2.13. The molecule has 0 radical (unpaired) electrons. The molecule has 1 atom stereocenters. The molecule has 0 aliphatic heterocycles. The first-order valence-electron chi connectivity index (χ1n) is 5.18. The Bertz CT molecular complexity index is 199. The summed E-state index contributed by atoms with van der Waals surface area (Å²) in [6.45, 7) is 10.7. The molecule has 0 aliphatic rings.